The highest BCUT2D eigenvalue weighted by Crippen LogP contribution is 2.32. The van der Waals surface area contributed by atoms with Gasteiger partial charge in [0, 0.05) is 5.69 Å². The van der Waals surface area contributed by atoms with E-state index >= 15 is 0 Å². The van der Waals surface area contributed by atoms with Crippen LogP contribution in [-0.4, -0.2) is 28.0 Å². The summed E-state index contributed by atoms with van der Waals surface area (Å²) in [5.41, 5.74) is 1.56. The Morgan fingerprint density at radius 3 is 2.32 bits per heavy atom. The number of carbonyl (C=O) groups is 1. The van der Waals surface area contributed by atoms with Crippen LogP contribution >= 0.6 is 23.2 Å². The third-order valence-electron chi connectivity index (χ3n) is 4.45. The standard InChI is InChI=1S/C22H20Cl2N2O4S/c1-15-7-10-17(11-8-15)31(28,29)26(20-5-3-4-6-21(20)30-2)14-22(27)25-16-9-12-18(23)19(24)13-16/h3-13H,14H2,1-2H3,(H,25,27). The average Bonchev–Trinajstić information content (AvgIpc) is 2.75. The van der Waals surface area contributed by atoms with Crippen LogP contribution < -0.4 is 14.4 Å². The van der Waals surface area contributed by atoms with Gasteiger partial charge in [-0.25, -0.2) is 8.42 Å². The van der Waals surface area contributed by atoms with Crippen LogP contribution in [0.4, 0.5) is 11.4 Å². The van der Waals surface area contributed by atoms with Gasteiger partial charge in [-0.2, -0.15) is 0 Å². The van der Waals surface area contributed by atoms with Gasteiger partial charge in [0.1, 0.15) is 12.3 Å². The zero-order chi connectivity index (χ0) is 22.6. The Morgan fingerprint density at radius 2 is 1.68 bits per heavy atom. The quantitative estimate of drug-likeness (QED) is 0.509. The molecule has 0 aliphatic carbocycles. The van der Waals surface area contributed by atoms with Gasteiger partial charge in [0.25, 0.3) is 10.0 Å². The topological polar surface area (TPSA) is 75.7 Å². The van der Waals surface area contributed by atoms with Crippen molar-refractivity contribution in [1.82, 2.24) is 0 Å². The zero-order valence-electron chi connectivity index (χ0n) is 16.8. The molecule has 0 aliphatic heterocycles. The zero-order valence-corrected chi connectivity index (χ0v) is 19.1. The number of aryl methyl sites for hydroxylation is 1. The number of carbonyl (C=O) groups excluding carboxylic acids is 1. The lowest BCUT2D eigenvalue weighted by Gasteiger charge is -2.25. The summed E-state index contributed by atoms with van der Waals surface area (Å²) in [6.07, 6.45) is 0. The smallest absolute Gasteiger partial charge is 0.264 e. The molecule has 0 unspecified atom stereocenters. The van der Waals surface area contributed by atoms with Crippen LogP contribution in [-0.2, 0) is 14.8 Å². The van der Waals surface area contributed by atoms with Gasteiger partial charge in [0.05, 0.1) is 27.7 Å². The monoisotopic (exact) mass is 478 g/mol. The number of benzene rings is 3. The Labute approximate surface area is 191 Å². The number of nitrogens with one attached hydrogen (secondary N) is 1. The van der Waals surface area contributed by atoms with Crippen LogP contribution in [0.2, 0.25) is 10.0 Å². The van der Waals surface area contributed by atoms with Crippen molar-refractivity contribution in [1.29, 1.82) is 0 Å². The lowest BCUT2D eigenvalue weighted by atomic mass is 10.2. The second kappa shape index (κ2) is 9.60. The van der Waals surface area contributed by atoms with Crippen molar-refractivity contribution in [2.75, 3.05) is 23.3 Å². The van der Waals surface area contributed by atoms with Gasteiger partial charge in [-0.15, -0.1) is 0 Å². The molecule has 0 atom stereocenters. The summed E-state index contributed by atoms with van der Waals surface area (Å²) < 4.78 is 33.3. The second-order valence-corrected chi connectivity index (χ2v) is 9.35. The molecule has 0 radical (unpaired) electrons. The van der Waals surface area contributed by atoms with Crippen LogP contribution in [0.1, 0.15) is 5.56 Å². The molecule has 0 heterocycles. The summed E-state index contributed by atoms with van der Waals surface area (Å²) in [5, 5.41) is 3.27. The molecule has 3 aromatic rings. The van der Waals surface area contributed by atoms with Gasteiger partial charge in [-0.05, 0) is 49.4 Å². The van der Waals surface area contributed by atoms with Crippen molar-refractivity contribution in [2.24, 2.45) is 0 Å². The molecule has 0 spiro atoms. The van der Waals surface area contributed by atoms with E-state index in [2.05, 4.69) is 5.32 Å². The summed E-state index contributed by atoms with van der Waals surface area (Å²) >= 11 is 11.9. The molecular formula is C22H20Cl2N2O4S. The van der Waals surface area contributed by atoms with Crippen molar-refractivity contribution in [2.45, 2.75) is 11.8 Å². The minimum absolute atomic E-state index is 0.0614. The molecule has 31 heavy (non-hydrogen) atoms. The molecule has 9 heteroatoms. The second-order valence-electron chi connectivity index (χ2n) is 6.67. The van der Waals surface area contributed by atoms with Crippen LogP contribution in [0, 0.1) is 6.92 Å². The fourth-order valence-corrected chi connectivity index (χ4v) is 4.61. The predicted molar refractivity (Wildman–Crippen MR) is 124 cm³/mol. The molecule has 0 aromatic heterocycles. The molecule has 0 saturated carbocycles. The van der Waals surface area contributed by atoms with Crippen molar-refractivity contribution in [3.63, 3.8) is 0 Å². The van der Waals surface area contributed by atoms with Crippen LogP contribution in [0.15, 0.2) is 71.6 Å². The number of sulfonamides is 1. The number of halogens is 2. The molecule has 0 bridgehead atoms. The van der Waals surface area contributed by atoms with E-state index in [1.54, 1.807) is 48.5 Å². The average molecular weight is 479 g/mol. The maximum absolute atomic E-state index is 13.5. The lowest BCUT2D eigenvalue weighted by molar-refractivity contribution is -0.114. The van der Waals surface area contributed by atoms with Gasteiger partial charge < -0.3 is 10.1 Å². The minimum atomic E-state index is -4.06. The van der Waals surface area contributed by atoms with Gasteiger partial charge in [-0.1, -0.05) is 53.0 Å². The van der Waals surface area contributed by atoms with Gasteiger partial charge in [0.15, 0.2) is 0 Å². The first-order chi connectivity index (χ1) is 14.7. The highest BCUT2D eigenvalue weighted by atomic mass is 35.5. The Bertz CT molecular complexity index is 1200. The Hall–Kier alpha value is -2.74. The van der Waals surface area contributed by atoms with Gasteiger partial charge >= 0.3 is 0 Å². The van der Waals surface area contributed by atoms with E-state index < -0.39 is 22.5 Å². The molecule has 162 valence electrons. The number of anilines is 2. The summed E-state index contributed by atoms with van der Waals surface area (Å²) in [6.45, 7) is 1.38. The maximum atomic E-state index is 13.5. The molecule has 1 N–H and O–H groups in total. The van der Waals surface area contributed by atoms with E-state index in [0.29, 0.717) is 16.5 Å². The lowest BCUT2D eigenvalue weighted by Crippen LogP contribution is -2.38. The minimum Gasteiger partial charge on any atom is -0.495 e. The Morgan fingerprint density at radius 1 is 1.00 bits per heavy atom. The largest absolute Gasteiger partial charge is 0.495 e. The molecule has 3 aromatic carbocycles. The number of rotatable bonds is 7. The maximum Gasteiger partial charge on any atom is 0.264 e. The number of hydrogen-bond acceptors (Lipinski definition) is 4. The third kappa shape index (κ3) is 5.31. The number of methoxy groups -OCH3 is 1. The van der Waals surface area contributed by atoms with Crippen molar-refractivity contribution in [3.8, 4) is 5.75 Å². The van der Waals surface area contributed by atoms with Crippen molar-refractivity contribution >= 4 is 50.5 Å². The Kier molecular flexibility index (Phi) is 7.10. The van der Waals surface area contributed by atoms with E-state index in [9.17, 15) is 13.2 Å². The van der Waals surface area contributed by atoms with Crippen molar-refractivity contribution in [3.05, 3.63) is 82.3 Å². The van der Waals surface area contributed by atoms with E-state index in [-0.39, 0.29) is 15.6 Å². The first kappa shape index (κ1) is 22.9. The third-order valence-corrected chi connectivity index (χ3v) is 6.97. The summed E-state index contributed by atoms with van der Waals surface area (Å²) in [4.78, 5) is 12.9. The van der Waals surface area contributed by atoms with Crippen LogP contribution in [0.5, 0.6) is 5.75 Å². The van der Waals surface area contributed by atoms with Gasteiger partial charge in [0.2, 0.25) is 5.91 Å². The van der Waals surface area contributed by atoms with E-state index in [4.69, 9.17) is 27.9 Å². The highest BCUT2D eigenvalue weighted by molar-refractivity contribution is 7.92. The Balaban J connectivity index is 1.98. The molecular weight excluding hydrogens is 459 g/mol. The number of nitrogens with zero attached hydrogens (tertiary/aromatic N) is 1. The predicted octanol–water partition coefficient (Wildman–Crippen LogP) is 5.14. The molecule has 3 rings (SSSR count). The summed E-state index contributed by atoms with van der Waals surface area (Å²) in [6, 6.07) is 17.6. The number of ether oxygens (including phenoxy) is 1. The van der Waals surface area contributed by atoms with E-state index in [1.807, 2.05) is 6.92 Å². The summed E-state index contributed by atoms with van der Waals surface area (Å²) in [7, 11) is -2.62. The fourth-order valence-electron chi connectivity index (χ4n) is 2.88. The molecule has 6 nitrogen and oxygen atoms in total. The first-order valence-electron chi connectivity index (χ1n) is 9.19. The summed E-state index contributed by atoms with van der Waals surface area (Å²) in [5.74, 6) is -0.236. The van der Waals surface area contributed by atoms with Crippen LogP contribution in [0.25, 0.3) is 0 Å². The molecule has 1 amide bonds. The number of para-hydroxylation sites is 2. The highest BCUT2D eigenvalue weighted by Gasteiger charge is 2.29. The van der Waals surface area contributed by atoms with Crippen LogP contribution in [0.3, 0.4) is 0 Å². The first-order valence-corrected chi connectivity index (χ1v) is 11.4. The molecule has 0 fully saturated rings. The molecule has 0 saturated heterocycles. The number of amides is 1. The van der Waals surface area contributed by atoms with E-state index in [1.165, 1.54) is 25.3 Å². The van der Waals surface area contributed by atoms with E-state index in [0.717, 1.165) is 9.87 Å². The SMILES string of the molecule is COc1ccccc1N(CC(=O)Nc1ccc(Cl)c(Cl)c1)S(=O)(=O)c1ccc(C)cc1. The number of hydrogen-bond donors (Lipinski definition) is 1. The van der Waals surface area contributed by atoms with Gasteiger partial charge in [-0.3, -0.25) is 9.10 Å². The van der Waals surface area contributed by atoms with Crippen molar-refractivity contribution < 1.29 is 17.9 Å². The fraction of sp³-hybridized carbons (Fsp3) is 0.136. The normalized spacial score (nSPS) is 11.1. The molecule has 0 aliphatic rings.